The Morgan fingerprint density at radius 1 is 1.12 bits per heavy atom. The van der Waals surface area contributed by atoms with E-state index in [-0.39, 0.29) is 0 Å². The molecule has 100 valence electrons. The van der Waals surface area contributed by atoms with Gasteiger partial charge in [0.1, 0.15) is 0 Å². The number of hydrogen-bond acceptors (Lipinski definition) is 2. The van der Waals surface area contributed by atoms with E-state index in [0.29, 0.717) is 0 Å². The molecule has 0 unspecified atom stereocenters. The Hall–Kier alpha value is -0.0800. The lowest BCUT2D eigenvalue weighted by Gasteiger charge is -2.43. The topological polar surface area (TPSA) is 15.3 Å². The first-order valence-electron chi connectivity index (χ1n) is 7.70. The van der Waals surface area contributed by atoms with Crippen molar-refractivity contribution in [3.05, 3.63) is 0 Å². The van der Waals surface area contributed by atoms with Crippen LogP contribution in [-0.2, 0) is 0 Å². The number of rotatable bonds is 8. The van der Waals surface area contributed by atoms with E-state index in [1.807, 2.05) is 0 Å². The molecule has 0 bridgehead atoms. The Bertz CT molecular complexity index is 195. The van der Waals surface area contributed by atoms with Gasteiger partial charge < -0.3 is 10.2 Å². The van der Waals surface area contributed by atoms with Crippen LogP contribution in [0, 0.1) is 17.8 Å². The standard InChI is InChI=1S/C15H30N2/c1-3-17(2)11-10-16-12-15(13-6-4-7-13)14-8-5-9-14/h13-16H,3-12H2,1-2H3. The van der Waals surface area contributed by atoms with Crippen molar-refractivity contribution in [1.29, 1.82) is 0 Å². The van der Waals surface area contributed by atoms with E-state index in [9.17, 15) is 0 Å². The lowest BCUT2D eigenvalue weighted by atomic mass is 9.64. The van der Waals surface area contributed by atoms with Gasteiger partial charge >= 0.3 is 0 Å². The summed E-state index contributed by atoms with van der Waals surface area (Å²) in [5.74, 6) is 3.14. The molecule has 2 aliphatic carbocycles. The van der Waals surface area contributed by atoms with Gasteiger partial charge in [0.25, 0.3) is 0 Å². The molecule has 0 aromatic carbocycles. The summed E-state index contributed by atoms with van der Waals surface area (Å²) in [5.41, 5.74) is 0. The molecule has 0 heterocycles. The fourth-order valence-electron chi connectivity index (χ4n) is 3.15. The van der Waals surface area contributed by atoms with Crippen LogP contribution >= 0.6 is 0 Å². The SMILES string of the molecule is CCN(C)CCNCC(C1CCC1)C1CCC1. The van der Waals surface area contributed by atoms with Gasteiger partial charge in [-0.1, -0.05) is 45.4 Å². The molecule has 2 heteroatoms. The molecule has 17 heavy (non-hydrogen) atoms. The van der Waals surface area contributed by atoms with Gasteiger partial charge in [-0.3, -0.25) is 0 Å². The minimum absolute atomic E-state index is 1.00. The Balaban J connectivity index is 1.63. The van der Waals surface area contributed by atoms with Crippen LogP contribution in [0.15, 0.2) is 0 Å². The van der Waals surface area contributed by atoms with Crippen molar-refractivity contribution < 1.29 is 0 Å². The largest absolute Gasteiger partial charge is 0.315 e. The number of hydrogen-bond donors (Lipinski definition) is 1. The molecule has 2 rings (SSSR count). The number of nitrogens with zero attached hydrogens (tertiary/aromatic N) is 1. The maximum atomic E-state index is 3.71. The summed E-state index contributed by atoms with van der Waals surface area (Å²) in [7, 11) is 2.21. The molecule has 0 aromatic rings. The van der Waals surface area contributed by atoms with Crippen molar-refractivity contribution in [3.63, 3.8) is 0 Å². The molecule has 1 N–H and O–H groups in total. The highest BCUT2D eigenvalue weighted by molar-refractivity contribution is 4.87. The fraction of sp³-hybridized carbons (Fsp3) is 1.00. The quantitative estimate of drug-likeness (QED) is 0.654. The van der Waals surface area contributed by atoms with Crippen LogP contribution in [0.3, 0.4) is 0 Å². The predicted molar refractivity (Wildman–Crippen MR) is 74.2 cm³/mol. The summed E-state index contributed by atoms with van der Waals surface area (Å²) in [6, 6.07) is 0. The van der Waals surface area contributed by atoms with E-state index in [1.165, 1.54) is 58.2 Å². The maximum absolute atomic E-state index is 3.71. The number of likely N-dealkylation sites (N-methyl/N-ethyl adjacent to an activating group) is 1. The zero-order valence-electron chi connectivity index (χ0n) is 11.8. The average molecular weight is 238 g/mol. The summed E-state index contributed by atoms with van der Waals surface area (Å²) >= 11 is 0. The summed E-state index contributed by atoms with van der Waals surface area (Å²) < 4.78 is 0. The predicted octanol–water partition coefficient (Wildman–Crippen LogP) is 2.74. The molecule has 2 aliphatic rings. The van der Waals surface area contributed by atoms with Crippen LogP contribution in [0.1, 0.15) is 45.4 Å². The van der Waals surface area contributed by atoms with Gasteiger partial charge in [0.05, 0.1) is 0 Å². The Kier molecular flexibility index (Phi) is 5.30. The van der Waals surface area contributed by atoms with Crippen LogP contribution in [-0.4, -0.2) is 38.1 Å². The number of nitrogens with one attached hydrogen (secondary N) is 1. The smallest absolute Gasteiger partial charge is 0.0104 e. The second-order valence-corrected chi connectivity index (χ2v) is 6.15. The van der Waals surface area contributed by atoms with Gasteiger partial charge in [-0.05, 0) is 37.9 Å². The normalized spacial score (nSPS) is 21.9. The second kappa shape index (κ2) is 6.75. The van der Waals surface area contributed by atoms with E-state index in [4.69, 9.17) is 0 Å². The molecule has 2 fully saturated rings. The molecule has 0 aliphatic heterocycles. The van der Waals surface area contributed by atoms with Crippen LogP contribution in [0.25, 0.3) is 0 Å². The van der Waals surface area contributed by atoms with E-state index in [2.05, 4.69) is 24.2 Å². The average Bonchev–Trinajstić information content (AvgIpc) is 2.18. The third-order valence-corrected chi connectivity index (χ3v) is 5.10. The van der Waals surface area contributed by atoms with Gasteiger partial charge in [-0.25, -0.2) is 0 Å². The summed E-state index contributed by atoms with van der Waals surface area (Å²) in [5, 5.41) is 3.71. The Labute approximate surface area is 107 Å². The van der Waals surface area contributed by atoms with E-state index in [1.54, 1.807) is 0 Å². The molecule has 2 saturated carbocycles. The van der Waals surface area contributed by atoms with Crippen LogP contribution in [0.2, 0.25) is 0 Å². The van der Waals surface area contributed by atoms with Crippen molar-refractivity contribution >= 4 is 0 Å². The molecule has 0 radical (unpaired) electrons. The summed E-state index contributed by atoms with van der Waals surface area (Å²) in [6.45, 7) is 7.04. The van der Waals surface area contributed by atoms with Gasteiger partial charge in [-0.2, -0.15) is 0 Å². The Morgan fingerprint density at radius 3 is 2.12 bits per heavy atom. The van der Waals surface area contributed by atoms with Gasteiger partial charge in [-0.15, -0.1) is 0 Å². The van der Waals surface area contributed by atoms with E-state index < -0.39 is 0 Å². The summed E-state index contributed by atoms with van der Waals surface area (Å²) in [4.78, 5) is 2.38. The van der Waals surface area contributed by atoms with Crippen molar-refractivity contribution in [2.24, 2.45) is 17.8 Å². The molecular weight excluding hydrogens is 208 g/mol. The second-order valence-electron chi connectivity index (χ2n) is 6.15. The highest BCUT2D eigenvalue weighted by Crippen LogP contribution is 2.43. The minimum atomic E-state index is 1.00. The van der Waals surface area contributed by atoms with Gasteiger partial charge in [0.15, 0.2) is 0 Å². The van der Waals surface area contributed by atoms with Crippen molar-refractivity contribution in [2.45, 2.75) is 45.4 Å². The van der Waals surface area contributed by atoms with Gasteiger partial charge in [0, 0.05) is 13.1 Å². The fourth-order valence-corrected chi connectivity index (χ4v) is 3.15. The maximum Gasteiger partial charge on any atom is 0.0104 e. The van der Waals surface area contributed by atoms with Crippen molar-refractivity contribution in [2.75, 3.05) is 33.2 Å². The van der Waals surface area contributed by atoms with Crippen molar-refractivity contribution in [3.8, 4) is 0 Å². The van der Waals surface area contributed by atoms with Crippen molar-refractivity contribution in [1.82, 2.24) is 10.2 Å². The monoisotopic (exact) mass is 238 g/mol. The van der Waals surface area contributed by atoms with Crippen LogP contribution in [0.5, 0.6) is 0 Å². The molecule has 0 spiro atoms. The van der Waals surface area contributed by atoms with Gasteiger partial charge in [0.2, 0.25) is 0 Å². The molecule has 2 nitrogen and oxygen atoms in total. The first-order chi connectivity index (χ1) is 8.31. The third kappa shape index (κ3) is 3.69. The molecular formula is C15H30N2. The lowest BCUT2D eigenvalue weighted by molar-refractivity contribution is 0.0915. The van der Waals surface area contributed by atoms with E-state index >= 15 is 0 Å². The first-order valence-corrected chi connectivity index (χ1v) is 7.70. The molecule has 0 aromatic heterocycles. The first kappa shape index (κ1) is 13.4. The zero-order chi connectivity index (χ0) is 12.1. The highest BCUT2D eigenvalue weighted by atomic mass is 15.1. The van der Waals surface area contributed by atoms with E-state index in [0.717, 1.165) is 24.3 Å². The highest BCUT2D eigenvalue weighted by Gasteiger charge is 2.35. The summed E-state index contributed by atoms with van der Waals surface area (Å²) in [6.07, 6.45) is 9.03. The third-order valence-electron chi connectivity index (χ3n) is 5.10. The minimum Gasteiger partial charge on any atom is -0.315 e. The Morgan fingerprint density at radius 2 is 1.71 bits per heavy atom. The molecule has 0 saturated heterocycles. The molecule has 0 amide bonds. The zero-order valence-corrected chi connectivity index (χ0v) is 11.8. The van der Waals surface area contributed by atoms with Crippen LogP contribution < -0.4 is 5.32 Å². The lowest BCUT2D eigenvalue weighted by Crippen LogP contribution is -2.41. The van der Waals surface area contributed by atoms with Crippen LogP contribution in [0.4, 0.5) is 0 Å². The molecule has 0 atom stereocenters.